The van der Waals surface area contributed by atoms with Gasteiger partial charge >= 0.3 is 0 Å². The molecule has 1 aliphatic rings. The Morgan fingerprint density at radius 3 is 2.58 bits per heavy atom. The lowest BCUT2D eigenvalue weighted by Gasteiger charge is -2.29. The average Bonchev–Trinajstić information content (AvgIpc) is 3.30. The molecule has 0 atom stereocenters. The summed E-state index contributed by atoms with van der Waals surface area (Å²) in [6.07, 6.45) is 1.17. The predicted octanol–water partition coefficient (Wildman–Crippen LogP) is 2.75. The fraction of sp³-hybridized carbons (Fsp3) is 0.450. The standard InChI is InChI=1S/C20H24N4O4S3/c1-13-18(29-14(2)21-13)19(25)24(8-7-23-9-11-28-12-10-23)20-22-17-15(30-20)5-4-6-16(17)31(3,26)27/h4-6H,7-12H2,1-3H3. The molecular weight excluding hydrogens is 456 g/mol. The van der Waals surface area contributed by atoms with Crippen molar-refractivity contribution in [3.63, 3.8) is 0 Å². The van der Waals surface area contributed by atoms with Crippen LogP contribution >= 0.6 is 22.7 Å². The summed E-state index contributed by atoms with van der Waals surface area (Å²) in [5.74, 6) is -0.156. The summed E-state index contributed by atoms with van der Waals surface area (Å²) in [6, 6.07) is 5.09. The third-order valence-electron chi connectivity index (χ3n) is 5.09. The molecule has 1 amide bonds. The summed E-state index contributed by atoms with van der Waals surface area (Å²) < 4.78 is 30.6. The second-order valence-corrected chi connectivity index (χ2v) is 11.6. The molecule has 1 aliphatic heterocycles. The number of rotatable bonds is 6. The van der Waals surface area contributed by atoms with E-state index >= 15 is 0 Å². The zero-order valence-electron chi connectivity index (χ0n) is 17.6. The summed E-state index contributed by atoms with van der Waals surface area (Å²) >= 11 is 2.69. The van der Waals surface area contributed by atoms with Gasteiger partial charge in [0, 0.05) is 32.4 Å². The number of carbonyl (C=O) groups is 1. The van der Waals surface area contributed by atoms with E-state index in [1.54, 1.807) is 17.0 Å². The molecule has 0 saturated carbocycles. The number of para-hydroxylation sites is 1. The zero-order valence-corrected chi connectivity index (χ0v) is 20.1. The van der Waals surface area contributed by atoms with Gasteiger partial charge in [-0.3, -0.25) is 14.6 Å². The van der Waals surface area contributed by atoms with Crippen molar-refractivity contribution in [2.45, 2.75) is 18.7 Å². The van der Waals surface area contributed by atoms with Crippen LogP contribution in [0.25, 0.3) is 10.2 Å². The Balaban J connectivity index is 1.72. The van der Waals surface area contributed by atoms with Crippen molar-refractivity contribution in [3.05, 3.63) is 33.8 Å². The lowest BCUT2D eigenvalue weighted by Crippen LogP contribution is -2.43. The van der Waals surface area contributed by atoms with Crippen LogP contribution in [0.15, 0.2) is 23.1 Å². The van der Waals surface area contributed by atoms with E-state index in [1.165, 1.54) is 28.9 Å². The predicted molar refractivity (Wildman–Crippen MR) is 123 cm³/mol. The van der Waals surface area contributed by atoms with Crippen LogP contribution in [0.4, 0.5) is 5.13 Å². The Kier molecular flexibility index (Phi) is 6.40. The molecule has 1 fully saturated rings. The third-order valence-corrected chi connectivity index (χ3v) is 8.32. The first-order chi connectivity index (χ1) is 14.7. The number of benzene rings is 1. The van der Waals surface area contributed by atoms with E-state index < -0.39 is 9.84 Å². The highest BCUT2D eigenvalue weighted by Crippen LogP contribution is 2.34. The second kappa shape index (κ2) is 8.91. The maximum Gasteiger partial charge on any atom is 0.272 e. The summed E-state index contributed by atoms with van der Waals surface area (Å²) in [4.78, 5) is 27.2. The van der Waals surface area contributed by atoms with Crippen LogP contribution in [0.1, 0.15) is 20.4 Å². The van der Waals surface area contributed by atoms with Crippen LogP contribution < -0.4 is 4.90 Å². The van der Waals surface area contributed by atoms with E-state index in [2.05, 4.69) is 14.9 Å². The molecule has 166 valence electrons. The van der Waals surface area contributed by atoms with E-state index in [9.17, 15) is 13.2 Å². The van der Waals surface area contributed by atoms with Gasteiger partial charge in [-0.25, -0.2) is 18.4 Å². The van der Waals surface area contributed by atoms with Crippen molar-refractivity contribution >= 4 is 53.8 Å². The van der Waals surface area contributed by atoms with E-state index in [0.717, 1.165) is 22.8 Å². The minimum absolute atomic E-state index is 0.156. The number of ether oxygens (including phenoxy) is 1. The molecule has 0 bridgehead atoms. The first-order valence-corrected chi connectivity index (χ1v) is 13.4. The molecule has 1 saturated heterocycles. The van der Waals surface area contributed by atoms with Crippen molar-refractivity contribution in [2.75, 3.05) is 50.5 Å². The van der Waals surface area contributed by atoms with Crippen LogP contribution in [0.2, 0.25) is 0 Å². The number of nitrogens with zero attached hydrogens (tertiary/aromatic N) is 4. The van der Waals surface area contributed by atoms with Gasteiger partial charge in [0.05, 0.1) is 33.5 Å². The molecule has 2 aromatic heterocycles. The average molecular weight is 481 g/mol. The number of morpholine rings is 1. The second-order valence-electron chi connectivity index (χ2n) is 7.43. The van der Waals surface area contributed by atoms with E-state index in [-0.39, 0.29) is 10.8 Å². The Bertz CT molecular complexity index is 1210. The summed E-state index contributed by atoms with van der Waals surface area (Å²) in [5.41, 5.74) is 1.10. The number of hydrogen-bond acceptors (Lipinski definition) is 9. The van der Waals surface area contributed by atoms with Crippen molar-refractivity contribution in [3.8, 4) is 0 Å². The number of hydrogen-bond donors (Lipinski definition) is 0. The smallest absolute Gasteiger partial charge is 0.272 e. The summed E-state index contributed by atoms with van der Waals surface area (Å²) in [5, 5.41) is 1.33. The Morgan fingerprint density at radius 2 is 1.94 bits per heavy atom. The molecule has 8 nitrogen and oxygen atoms in total. The van der Waals surface area contributed by atoms with Crippen LogP contribution in [0.3, 0.4) is 0 Å². The van der Waals surface area contributed by atoms with E-state index in [4.69, 9.17) is 4.74 Å². The topological polar surface area (TPSA) is 92.7 Å². The fourth-order valence-electron chi connectivity index (χ4n) is 3.53. The number of fused-ring (bicyclic) bond motifs is 1. The molecule has 3 aromatic rings. The molecule has 0 radical (unpaired) electrons. The number of aryl methyl sites for hydroxylation is 2. The van der Waals surface area contributed by atoms with E-state index in [1.807, 2.05) is 19.9 Å². The summed E-state index contributed by atoms with van der Waals surface area (Å²) in [6.45, 7) is 7.83. The first-order valence-electron chi connectivity index (χ1n) is 9.89. The molecule has 3 heterocycles. The zero-order chi connectivity index (χ0) is 22.2. The van der Waals surface area contributed by atoms with Crippen LogP contribution in [-0.4, -0.2) is 74.8 Å². The van der Waals surface area contributed by atoms with Gasteiger partial charge in [0.1, 0.15) is 10.4 Å². The molecule has 0 aliphatic carbocycles. The lowest BCUT2D eigenvalue weighted by atomic mass is 10.3. The number of thiazole rings is 2. The van der Waals surface area contributed by atoms with Crippen molar-refractivity contribution < 1.29 is 17.9 Å². The Morgan fingerprint density at radius 1 is 1.19 bits per heavy atom. The lowest BCUT2D eigenvalue weighted by molar-refractivity contribution is 0.0391. The third kappa shape index (κ3) is 4.80. The maximum absolute atomic E-state index is 13.5. The highest BCUT2D eigenvalue weighted by Gasteiger charge is 2.27. The Hall–Kier alpha value is -1.92. The Labute approximate surface area is 189 Å². The fourth-order valence-corrected chi connectivity index (χ4v) is 6.31. The van der Waals surface area contributed by atoms with Crippen molar-refractivity contribution in [1.29, 1.82) is 0 Å². The highest BCUT2D eigenvalue weighted by molar-refractivity contribution is 7.91. The number of anilines is 1. The molecule has 0 N–H and O–H groups in total. The quantitative estimate of drug-likeness (QED) is 0.536. The molecule has 11 heteroatoms. The van der Waals surface area contributed by atoms with Crippen molar-refractivity contribution in [2.24, 2.45) is 0 Å². The molecule has 4 rings (SSSR count). The molecular formula is C20H24N4O4S3. The van der Waals surface area contributed by atoms with Crippen LogP contribution in [0, 0.1) is 13.8 Å². The largest absolute Gasteiger partial charge is 0.379 e. The minimum atomic E-state index is -3.44. The van der Waals surface area contributed by atoms with Crippen molar-refractivity contribution in [1.82, 2.24) is 14.9 Å². The van der Waals surface area contributed by atoms with Gasteiger partial charge in [-0.1, -0.05) is 17.4 Å². The van der Waals surface area contributed by atoms with Gasteiger partial charge in [0.15, 0.2) is 15.0 Å². The van der Waals surface area contributed by atoms with Gasteiger partial charge in [0.25, 0.3) is 5.91 Å². The van der Waals surface area contributed by atoms with Gasteiger partial charge < -0.3 is 4.74 Å². The molecule has 0 unspecified atom stereocenters. The van der Waals surface area contributed by atoms with Gasteiger partial charge in [-0.15, -0.1) is 11.3 Å². The van der Waals surface area contributed by atoms with Gasteiger partial charge in [0.2, 0.25) is 0 Å². The van der Waals surface area contributed by atoms with Crippen LogP contribution in [0.5, 0.6) is 0 Å². The minimum Gasteiger partial charge on any atom is -0.379 e. The normalized spacial score (nSPS) is 15.5. The number of carbonyl (C=O) groups excluding carboxylic acids is 1. The van der Waals surface area contributed by atoms with Gasteiger partial charge in [-0.2, -0.15) is 0 Å². The number of sulfone groups is 1. The first kappa shape index (κ1) is 22.3. The van der Waals surface area contributed by atoms with Gasteiger partial charge in [-0.05, 0) is 26.0 Å². The maximum atomic E-state index is 13.5. The van der Waals surface area contributed by atoms with Crippen LogP contribution in [-0.2, 0) is 14.6 Å². The highest BCUT2D eigenvalue weighted by atomic mass is 32.2. The molecule has 1 aromatic carbocycles. The summed E-state index contributed by atoms with van der Waals surface area (Å²) in [7, 11) is -3.44. The number of amides is 1. The number of aromatic nitrogens is 2. The monoisotopic (exact) mass is 480 g/mol. The molecule has 0 spiro atoms. The van der Waals surface area contributed by atoms with E-state index in [0.29, 0.717) is 47.5 Å². The SMILES string of the molecule is Cc1nc(C)c(C(=O)N(CCN2CCOCC2)c2nc3c(S(C)(=O)=O)cccc3s2)s1. The molecule has 31 heavy (non-hydrogen) atoms.